The molecule has 0 aliphatic heterocycles. The average molecular weight is 296 g/mol. The molecular weight excluding hydrogens is 280 g/mol. The van der Waals surface area contributed by atoms with Gasteiger partial charge in [0.2, 0.25) is 0 Å². The second-order valence-electron chi connectivity index (χ2n) is 5.37. The van der Waals surface area contributed by atoms with Crippen molar-refractivity contribution >= 4 is 17.2 Å². The average Bonchev–Trinajstić information content (AvgIpc) is 3.27. The molecule has 0 heterocycles. The molecule has 0 bridgehead atoms. The monoisotopic (exact) mass is 296 g/mol. The van der Waals surface area contributed by atoms with Crippen molar-refractivity contribution in [3.63, 3.8) is 0 Å². The van der Waals surface area contributed by atoms with Gasteiger partial charge in [0, 0.05) is 17.5 Å². The highest BCUT2D eigenvalue weighted by Crippen LogP contribution is 2.43. The van der Waals surface area contributed by atoms with Crippen LogP contribution in [0, 0.1) is 10.1 Å². The normalized spacial score (nSPS) is 20.6. The number of aliphatic imine (C=N–C) groups is 1. The highest BCUT2D eigenvalue weighted by Gasteiger charge is 2.38. The number of nitrogen functional groups attached to an aromatic ring is 1. The minimum absolute atomic E-state index is 0.120. The lowest BCUT2D eigenvalue weighted by Crippen LogP contribution is -2.15. The van der Waals surface area contributed by atoms with Crippen molar-refractivity contribution in [1.82, 2.24) is 0 Å². The summed E-state index contributed by atoms with van der Waals surface area (Å²) in [6.07, 6.45) is 0.946. The molecule has 22 heavy (non-hydrogen) atoms. The SMILES string of the molecule is NC(=N[C@@H]1C[C@H]1c1ccccc1)c1ccc(N)c([N+](=O)[O-])c1. The van der Waals surface area contributed by atoms with Gasteiger partial charge in [-0.3, -0.25) is 15.1 Å². The molecule has 1 fully saturated rings. The van der Waals surface area contributed by atoms with Gasteiger partial charge in [-0.15, -0.1) is 0 Å². The van der Waals surface area contributed by atoms with Crippen molar-refractivity contribution in [3.05, 3.63) is 69.8 Å². The first kappa shape index (κ1) is 14.1. The summed E-state index contributed by atoms with van der Waals surface area (Å²) in [7, 11) is 0. The van der Waals surface area contributed by atoms with Crippen LogP contribution in [0.3, 0.4) is 0 Å². The van der Waals surface area contributed by atoms with Gasteiger partial charge in [-0.25, -0.2) is 0 Å². The third-order valence-corrected chi connectivity index (χ3v) is 3.81. The Balaban J connectivity index is 1.79. The number of hydrogen-bond acceptors (Lipinski definition) is 4. The van der Waals surface area contributed by atoms with E-state index in [-0.39, 0.29) is 17.4 Å². The highest BCUT2D eigenvalue weighted by atomic mass is 16.6. The largest absolute Gasteiger partial charge is 0.393 e. The van der Waals surface area contributed by atoms with Crippen LogP contribution in [0.25, 0.3) is 0 Å². The lowest BCUT2D eigenvalue weighted by Gasteiger charge is -2.03. The maximum Gasteiger partial charge on any atom is 0.292 e. The predicted octanol–water partition coefficient (Wildman–Crippen LogP) is 2.44. The molecule has 0 spiro atoms. The minimum Gasteiger partial charge on any atom is -0.393 e. The van der Waals surface area contributed by atoms with E-state index in [2.05, 4.69) is 17.1 Å². The van der Waals surface area contributed by atoms with Crippen LogP contribution in [-0.4, -0.2) is 16.8 Å². The molecule has 0 unspecified atom stereocenters. The molecule has 1 aliphatic rings. The van der Waals surface area contributed by atoms with Crippen molar-refractivity contribution in [1.29, 1.82) is 0 Å². The van der Waals surface area contributed by atoms with E-state index in [0.29, 0.717) is 17.3 Å². The van der Waals surface area contributed by atoms with E-state index < -0.39 is 4.92 Å². The van der Waals surface area contributed by atoms with Gasteiger partial charge in [-0.05, 0) is 24.1 Å². The predicted molar refractivity (Wildman–Crippen MR) is 85.8 cm³/mol. The second-order valence-corrected chi connectivity index (χ2v) is 5.37. The van der Waals surface area contributed by atoms with Crippen LogP contribution in [-0.2, 0) is 0 Å². The van der Waals surface area contributed by atoms with Gasteiger partial charge < -0.3 is 11.5 Å². The summed E-state index contributed by atoms with van der Waals surface area (Å²) in [4.78, 5) is 14.9. The zero-order valence-corrected chi connectivity index (χ0v) is 11.8. The number of nitrogens with zero attached hydrogens (tertiary/aromatic N) is 2. The highest BCUT2D eigenvalue weighted by molar-refractivity contribution is 5.99. The van der Waals surface area contributed by atoms with E-state index in [1.165, 1.54) is 17.7 Å². The van der Waals surface area contributed by atoms with Crippen molar-refractivity contribution in [3.8, 4) is 0 Å². The Hall–Kier alpha value is -2.89. The minimum atomic E-state index is -0.518. The Bertz CT molecular complexity index is 743. The zero-order chi connectivity index (χ0) is 15.7. The number of benzene rings is 2. The van der Waals surface area contributed by atoms with Gasteiger partial charge in [0.15, 0.2) is 0 Å². The molecule has 3 rings (SSSR count). The summed E-state index contributed by atoms with van der Waals surface area (Å²) in [6.45, 7) is 0. The molecule has 0 aromatic heterocycles. The smallest absolute Gasteiger partial charge is 0.292 e. The number of nitro groups is 1. The molecule has 6 nitrogen and oxygen atoms in total. The number of rotatable bonds is 4. The molecule has 6 heteroatoms. The fourth-order valence-corrected chi connectivity index (χ4v) is 2.50. The topological polar surface area (TPSA) is 108 Å². The lowest BCUT2D eigenvalue weighted by atomic mass is 10.1. The van der Waals surface area contributed by atoms with E-state index in [0.717, 1.165) is 6.42 Å². The molecule has 112 valence electrons. The molecule has 0 radical (unpaired) electrons. The van der Waals surface area contributed by atoms with Crippen LogP contribution in [0.2, 0.25) is 0 Å². The van der Waals surface area contributed by atoms with Crippen molar-refractivity contribution < 1.29 is 4.92 Å². The van der Waals surface area contributed by atoms with Gasteiger partial charge in [-0.1, -0.05) is 30.3 Å². The molecular formula is C16H16N4O2. The number of nitrogens with two attached hydrogens (primary N) is 2. The Kier molecular flexibility index (Phi) is 3.50. The molecule has 2 atom stereocenters. The van der Waals surface area contributed by atoms with Crippen LogP contribution in [0.4, 0.5) is 11.4 Å². The number of nitro benzene ring substituents is 1. The summed E-state index contributed by atoms with van der Waals surface area (Å²) < 4.78 is 0. The molecule has 1 aliphatic carbocycles. The fraction of sp³-hybridized carbons (Fsp3) is 0.188. The van der Waals surface area contributed by atoms with E-state index in [1.807, 2.05) is 18.2 Å². The van der Waals surface area contributed by atoms with E-state index in [1.54, 1.807) is 6.07 Å². The molecule has 2 aromatic rings. The van der Waals surface area contributed by atoms with Crippen LogP contribution in [0.1, 0.15) is 23.5 Å². The second kappa shape index (κ2) is 5.48. The summed E-state index contributed by atoms with van der Waals surface area (Å²) in [6, 6.07) is 14.8. The van der Waals surface area contributed by atoms with Gasteiger partial charge in [0.05, 0.1) is 11.0 Å². The van der Waals surface area contributed by atoms with Crippen LogP contribution in [0.15, 0.2) is 53.5 Å². The maximum atomic E-state index is 10.9. The van der Waals surface area contributed by atoms with Gasteiger partial charge in [0.1, 0.15) is 11.5 Å². The van der Waals surface area contributed by atoms with E-state index in [9.17, 15) is 10.1 Å². The number of anilines is 1. The summed E-state index contributed by atoms with van der Waals surface area (Å²) in [5.74, 6) is 0.690. The van der Waals surface area contributed by atoms with Crippen molar-refractivity contribution in [2.45, 2.75) is 18.4 Å². The Morgan fingerprint density at radius 3 is 2.64 bits per heavy atom. The maximum absolute atomic E-state index is 10.9. The standard InChI is InChI=1S/C16H16N4O2/c17-13-7-6-11(8-15(13)20(21)22)16(18)19-14-9-12(14)10-4-2-1-3-5-10/h1-8,12,14H,9,17H2,(H2,18,19)/t12-,14+/m0/s1. The van der Waals surface area contributed by atoms with Gasteiger partial charge in [-0.2, -0.15) is 0 Å². The summed E-state index contributed by atoms with van der Waals surface area (Å²) in [5, 5.41) is 10.9. The first-order chi connectivity index (χ1) is 10.6. The van der Waals surface area contributed by atoms with E-state index >= 15 is 0 Å². The Morgan fingerprint density at radius 2 is 1.95 bits per heavy atom. The van der Waals surface area contributed by atoms with Crippen molar-refractivity contribution in [2.75, 3.05) is 5.73 Å². The van der Waals surface area contributed by atoms with Crippen molar-refractivity contribution in [2.24, 2.45) is 10.7 Å². The van der Waals surface area contributed by atoms with Gasteiger partial charge in [0.25, 0.3) is 5.69 Å². The first-order valence-electron chi connectivity index (χ1n) is 6.99. The third-order valence-electron chi connectivity index (χ3n) is 3.81. The fourth-order valence-electron chi connectivity index (χ4n) is 2.50. The Labute approximate surface area is 127 Å². The first-order valence-corrected chi connectivity index (χ1v) is 6.99. The number of hydrogen-bond donors (Lipinski definition) is 2. The molecule has 0 saturated heterocycles. The van der Waals surface area contributed by atoms with Crippen LogP contribution in [0.5, 0.6) is 0 Å². The van der Waals surface area contributed by atoms with Gasteiger partial charge >= 0.3 is 0 Å². The summed E-state index contributed by atoms with van der Waals surface area (Å²) in [5.41, 5.74) is 13.3. The lowest BCUT2D eigenvalue weighted by molar-refractivity contribution is -0.383. The molecule has 1 saturated carbocycles. The van der Waals surface area contributed by atoms with Crippen LogP contribution >= 0.6 is 0 Å². The molecule has 2 aromatic carbocycles. The third kappa shape index (κ3) is 2.76. The molecule has 0 amide bonds. The Morgan fingerprint density at radius 1 is 1.23 bits per heavy atom. The van der Waals surface area contributed by atoms with E-state index in [4.69, 9.17) is 11.5 Å². The van der Waals surface area contributed by atoms with Crippen LogP contribution < -0.4 is 11.5 Å². The number of amidine groups is 1. The summed E-state index contributed by atoms with van der Waals surface area (Å²) >= 11 is 0. The molecule has 4 N–H and O–H groups in total. The zero-order valence-electron chi connectivity index (χ0n) is 11.8. The quantitative estimate of drug-likeness (QED) is 0.297.